The number of piperidine rings is 1. The Balaban J connectivity index is 1.40. The van der Waals surface area contributed by atoms with Gasteiger partial charge in [-0.2, -0.15) is 0 Å². The Bertz CT molecular complexity index is 1100. The van der Waals surface area contributed by atoms with Gasteiger partial charge in [0.25, 0.3) is 0 Å². The van der Waals surface area contributed by atoms with Crippen molar-refractivity contribution in [2.45, 2.75) is 65.1 Å². The fourth-order valence-electron chi connectivity index (χ4n) is 4.73. The lowest BCUT2D eigenvalue weighted by atomic mass is 9.83. The molecule has 0 aliphatic carbocycles. The minimum absolute atomic E-state index is 0.123. The molecule has 1 aliphatic rings. The Kier molecular flexibility index (Phi) is 7.37. The minimum Gasteiger partial charge on any atom is -0.487 e. The van der Waals surface area contributed by atoms with E-state index in [9.17, 15) is 4.79 Å². The van der Waals surface area contributed by atoms with E-state index in [1.807, 2.05) is 43.3 Å². The molecule has 0 bridgehead atoms. The predicted octanol–water partition coefficient (Wildman–Crippen LogP) is 5.85. The van der Waals surface area contributed by atoms with Crippen LogP contribution in [0.5, 0.6) is 5.75 Å². The minimum atomic E-state index is -0.526. The highest BCUT2D eigenvalue weighted by Crippen LogP contribution is 2.34. The summed E-state index contributed by atoms with van der Waals surface area (Å²) in [5.74, 6) is 2.02. The topological polar surface area (TPSA) is 64.8 Å². The highest BCUT2D eigenvalue weighted by molar-refractivity contribution is 5.80. The molecule has 0 amide bonds. The maximum Gasteiger partial charge on any atom is 0.326 e. The van der Waals surface area contributed by atoms with Crippen molar-refractivity contribution in [1.29, 1.82) is 0 Å². The lowest BCUT2D eigenvalue weighted by molar-refractivity contribution is -0.159. The maximum atomic E-state index is 12.6. The van der Waals surface area contributed by atoms with Gasteiger partial charge in [0.2, 0.25) is 5.89 Å². The SMILES string of the molecule is CCC1(C(=O)OC)CCCCN1Cc1ccc(OCc2nc(-c3ccc(C)cc3)oc2C)cc1. The van der Waals surface area contributed by atoms with Gasteiger partial charge in [-0.3, -0.25) is 9.69 Å². The number of ether oxygens (including phenoxy) is 2. The molecule has 6 heteroatoms. The number of esters is 1. The van der Waals surface area contributed by atoms with Gasteiger partial charge < -0.3 is 13.9 Å². The normalized spacial score (nSPS) is 18.6. The summed E-state index contributed by atoms with van der Waals surface area (Å²) in [4.78, 5) is 19.5. The first kappa shape index (κ1) is 24.0. The van der Waals surface area contributed by atoms with Gasteiger partial charge in [0.05, 0.1) is 7.11 Å². The Labute approximate surface area is 201 Å². The van der Waals surface area contributed by atoms with E-state index in [1.165, 1.54) is 12.7 Å². The summed E-state index contributed by atoms with van der Waals surface area (Å²) in [5, 5.41) is 0. The Morgan fingerprint density at radius 3 is 2.50 bits per heavy atom. The summed E-state index contributed by atoms with van der Waals surface area (Å²) in [7, 11) is 1.49. The number of rotatable bonds is 8. The second-order valence-corrected chi connectivity index (χ2v) is 9.08. The first-order valence-corrected chi connectivity index (χ1v) is 12.0. The van der Waals surface area contributed by atoms with Gasteiger partial charge in [0.15, 0.2) is 0 Å². The Morgan fingerprint density at radius 1 is 1.09 bits per heavy atom. The van der Waals surface area contributed by atoms with Crippen molar-refractivity contribution in [3.05, 3.63) is 71.1 Å². The molecule has 2 aromatic carbocycles. The van der Waals surface area contributed by atoms with Crippen LogP contribution < -0.4 is 4.74 Å². The molecule has 0 radical (unpaired) electrons. The first-order chi connectivity index (χ1) is 16.4. The number of aryl methyl sites for hydroxylation is 2. The third-order valence-corrected chi connectivity index (χ3v) is 6.89. The van der Waals surface area contributed by atoms with Crippen molar-refractivity contribution in [3.63, 3.8) is 0 Å². The number of methoxy groups -OCH3 is 1. The van der Waals surface area contributed by atoms with Gasteiger partial charge in [0, 0.05) is 12.1 Å². The monoisotopic (exact) mass is 462 g/mol. The van der Waals surface area contributed by atoms with Crippen LogP contribution in [0.2, 0.25) is 0 Å². The van der Waals surface area contributed by atoms with Crippen LogP contribution in [-0.2, 0) is 22.7 Å². The predicted molar refractivity (Wildman–Crippen MR) is 131 cm³/mol. The fraction of sp³-hybridized carbons (Fsp3) is 0.429. The molecule has 1 saturated heterocycles. The average Bonchev–Trinajstić information content (AvgIpc) is 3.24. The zero-order valence-corrected chi connectivity index (χ0v) is 20.6. The molecule has 1 aliphatic heterocycles. The number of hydrogen-bond donors (Lipinski definition) is 0. The van der Waals surface area contributed by atoms with E-state index < -0.39 is 5.54 Å². The Hall–Kier alpha value is -3.12. The summed E-state index contributed by atoms with van der Waals surface area (Å²) in [6, 6.07) is 16.2. The molecular formula is C28H34N2O4. The largest absolute Gasteiger partial charge is 0.487 e. The fourth-order valence-corrected chi connectivity index (χ4v) is 4.73. The molecule has 3 aromatic rings. The van der Waals surface area contributed by atoms with E-state index in [2.05, 4.69) is 35.9 Å². The summed E-state index contributed by atoms with van der Waals surface area (Å²) in [5.41, 5.74) is 3.57. The number of likely N-dealkylation sites (tertiary alicyclic amines) is 1. The first-order valence-electron chi connectivity index (χ1n) is 12.0. The molecule has 1 fully saturated rings. The van der Waals surface area contributed by atoms with E-state index >= 15 is 0 Å². The summed E-state index contributed by atoms with van der Waals surface area (Å²) < 4.78 is 17.0. The summed E-state index contributed by atoms with van der Waals surface area (Å²) in [6.07, 6.45) is 3.75. The van der Waals surface area contributed by atoms with E-state index in [-0.39, 0.29) is 5.97 Å². The van der Waals surface area contributed by atoms with Crippen molar-refractivity contribution in [2.24, 2.45) is 0 Å². The number of oxazole rings is 1. The smallest absolute Gasteiger partial charge is 0.326 e. The zero-order valence-electron chi connectivity index (χ0n) is 20.6. The van der Waals surface area contributed by atoms with Gasteiger partial charge in [-0.25, -0.2) is 4.98 Å². The molecular weight excluding hydrogens is 428 g/mol. The van der Waals surface area contributed by atoms with Gasteiger partial charge >= 0.3 is 5.97 Å². The van der Waals surface area contributed by atoms with Crippen molar-refractivity contribution in [2.75, 3.05) is 13.7 Å². The molecule has 34 heavy (non-hydrogen) atoms. The van der Waals surface area contributed by atoms with E-state index in [0.717, 1.165) is 60.6 Å². The molecule has 0 spiro atoms. The lowest BCUT2D eigenvalue weighted by Crippen LogP contribution is -2.56. The summed E-state index contributed by atoms with van der Waals surface area (Å²) in [6.45, 7) is 7.99. The van der Waals surface area contributed by atoms with Crippen LogP contribution in [-0.4, -0.2) is 35.0 Å². The number of carbonyl (C=O) groups excluding carboxylic acids is 1. The summed E-state index contributed by atoms with van der Waals surface area (Å²) >= 11 is 0. The molecule has 1 atom stereocenters. The maximum absolute atomic E-state index is 12.6. The quantitative estimate of drug-likeness (QED) is 0.392. The number of nitrogens with zero attached hydrogens (tertiary/aromatic N) is 2. The van der Waals surface area contributed by atoms with E-state index in [1.54, 1.807) is 0 Å². The van der Waals surface area contributed by atoms with Gasteiger partial charge in [0.1, 0.15) is 29.3 Å². The molecule has 1 unspecified atom stereocenters. The van der Waals surface area contributed by atoms with Crippen LogP contribution in [0.1, 0.15) is 55.2 Å². The van der Waals surface area contributed by atoms with E-state index in [4.69, 9.17) is 13.9 Å². The Morgan fingerprint density at radius 2 is 1.82 bits per heavy atom. The third-order valence-electron chi connectivity index (χ3n) is 6.89. The number of hydrogen-bond acceptors (Lipinski definition) is 6. The van der Waals surface area contributed by atoms with Crippen molar-refractivity contribution in [1.82, 2.24) is 9.88 Å². The van der Waals surface area contributed by atoms with Crippen LogP contribution in [0.15, 0.2) is 52.9 Å². The molecule has 0 saturated carbocycles. The third kappa shape index (κ3) is 5.02. The molecule has 1 aromatic heterocycles. The highest BCUT2D eigenvalue weighted by atomic mass is 16.5. The van der Waals surface area contributed by atoms with Crippen LogP contribution in [0.4, 0.5) is 0 Å². The van der Waals surface area contributed by atoms with E-state index in [0.29, 0.717) is 19.0 Å². The number of carbonyl (C=O) groups is 1. The van der Waals surface area contributed by atoms with Crippen molar-refractivity contribution >= 4 is 5.97 Å². The van der Waals surface area contributed by atoms with Gasteiger partial charge in [-0.15, -0.1) is 0 Å². The lowest BCUT2D eigenvalue weighted by Gasteiger charge is -2.44. The molecule has 180 valence electrons. The van der Waals surface area contributed by atoms with Crippen LogP contribution in [0, 0.1) is 13.8 Å². The van der Waals surface area contributed by atoms with Crippen molar-refractivity contribution in [3.8, 4) is 17.2 Å². The standard InChI is InChI=1S/C28H34N2O4/c1-5-28(27(31)32-4)16-6-7-17-30(28)18-22-10-14-24(15-11-22)33-19-25-21(3)34-26(29-25)23-12-8-20(2)9-13-23/h8-15H,5-7,16-19H2,1-4H3. The zero-order chi connectivity index (χ0) is 24.1. The van der Waals surface area contributed by atoms with Gasteiger partial charge in [-0.05, 0) is 75.9 Å². The average molecular weight is 463 g/mol. The number of benzene rings is 2. The van der Waals surface area contributed by atoms with Crippen molar-refractivity contribution < 1.29 is 18.7 Å². The molecule has 2 heterocycles. The molecule has 6 nitrogen and oxygen atoms in total. The second kappa shape index (κ2) is 10.4. The molecule has 0 N–H and O–H groups in total. The highest BCUT2D eigenvalue weighted by Gasteiger charge is 2.44. The van der Waals surface area contributed by atoms with Crippen LogP contribution in [0.3, 0.4) is 0 Å². The number of aromatic nitrogens is 1. The van der Waals surface area contributed by atoms with Crippen LogP contribution in [0.25, 0.3) is 11.5 Å². The van der Waals surface area contributed by atoms with Crippen LogP contribution >= 0.6 is 0 Å². The van der Waals surface area contributed by atoms with Gasteiger partial charge in [-0.1, -0.05) is 36.8 Å². The molecule has 4 rings (SSSR count). The second-order valence-electron chi connectivity index (χ2n) is 9.08.